The smallest absolute Gasteiger partial charge is 0.253 e. The van der Waals surface area contributed by atoms with Crippen LogP contribution in [0.4, 0.5) is 0 Å². The van der Waals surface area contributed by atoms with E-state index >= 15 is 0 Å². The van der Waals surface area contributed by atoms with Gasteiger partial charge in [-0.3, -0.25) is 4.79 Å². The Morgan fingerprint density at radius 1 is 0.977 bits per heavy atom. The predicted molar refractivity (Wildman–Crippen MR) is 178 cm³/mol. The molecule has 1 amide bonds. The summed E-state index contributed by atoms with van der Waals surface area (Å²) in [4.78, 5) is 15.0. The Morgan fingerprint density at radius 2 is 1.74 bits per heavy atom. The molecule has 1 aliphatic rings. The van der Waals surface area contributed by atoms with Gasteiger partial charge in [0, 0.05) is 50.0 Å². The van der Waals surface area contributed by atoms with Gasteiger partial charge in [0.1, 0.15) is 0 Å². The first-order chi connectivity index (χ1) is 20.9. The highest BCUT2D eigenvalue weighted by atomic mass is 79.9. The van der Waals surface area contributed by atoms with Crippen molar-refractivity contribution in [3.8, 4) is 11.5 Å². The fourth-order valence-electron chi connectivity index (χ4n) is 5.42. The van der Waals surface area contributed by atoms with Crippen LogP contribution in [0.25, 0.3) is 10.9 Å². The van der Waals surface area contributed by atoms with Crippen molar-refractivity contribution in [1.29, 1.82) is 0 Å². The molecule has 9 heteroatoms. The molecule has 0 bridgehead atoms. The van der Waals surface area contributed by atoms with Crippen LogP contribution in [0.2, 0.25) is 5.02 Å². The van der Waals surface area contributed by atoms with Gasteiger partial charge < -0.3 is 14.0 Å². The van der Waals surface area contributed by atoms with Crippen LogP contribution in [0.1, 0.15) is 29.2 Å². The number of amides is 1. The van der Waals surface area contributed by atoms with Crippen LogP contribution in [0.5, 0.6) is 11.5 Å². The van der Waals surface area contributed by atoms with E-state index in [2.05, 4.69) is 38.8 Å². The first-order valence-corrected chi connectivity index (χ1v) is 15.9. The fraction of sp³-hybridized carbons (Fsp3) is 0.176. The highest BCUT2D eigenvalue weighted by Crippen LogP contribution is 2.42. The van der Waals surface area contributed by atoms with E-state index in [1.807, 2.05) is 78.9 Å². The van der Waals surface area contributed by atoms with E-state index < -0.39 is 0 Å². The van der Waals surface area contributed by atoms with Crippen molar-refractivity contribution in [3.63, 3.8) is 0 Å². The quantitative estimate of drug-likeness (QED) is 0.147. The molecule has 0 aliphatic carbocycles. The first kappa shape index (κ1) is 29.4. The van der Waals surface area contributed by atoms with Gasteiger partial charge in [0.2, 0.25) is 0 Å². The van der Waals surface area contributed by atoms with Crippen LogP contribution in [0, 0.1) is 0 Å². The molecule has 0 spiro atoms. The van der Waals surface area contributed by atoms with Crippen LogP contribution >= 0.6 is 39.3 Å². The summed E-state index contributed by atoms with van der Waals surface area (Å²) in [7, 11) is 3.23. The van der Waals surface area contributed by atoms with Crippen molar-refractivity contribution in [3.05, 3.63) is 123 Å². The number of hydrogen-bond acceptors (Lipinski definition) is 5. The number of benzene rings is 4. The SMILES string of the molecule is COc1cccc(C2CC(c3ccc(Br)cc3)=NN2C(=O)CSc2cn(Cc3ccc(Cl)cc3)c3ccccc23)c1OC. The van der Waals surface area contributed by atoms with E-state index in [9.17, 15) is 4.79 Å². The largest absolute Gasteiger partial charge is 0.493 e. The molecule has 1 aromatic heterocycles. The highest BCUT2D eigenvalue weighted by Gasteiger charge is 2.35. The number of carbonyl (C=O) groups is 1. The van der Waals surface area contributed by atoms with Gasteiger partial charge in [-0.15, -0.1) is 11.8 Å². The van der Waals surface area contributed by atoms with Gasteiger partial charge in [-0.05, 0) is 47.5 Å². The second kappa shape index (κ2) is 12.9. The molecule has 6 nitrogen and oxygen atoms in total. The topological polar surface area (TPSA) is 56.1 Å². The first-order valence-electron chi connectivity index (χ1n) is 13.8. The Balaban J connectivity index is 1.29. The summed E-state index contributed by atoms with van der Waals surface area (Å²) in [5, 5.41) is 8.33. The predicted octanol–water partition coefficient (Wildman–Crippen LogP) is 8.59. The fourth-order valence-corrected chi connectivity index (χ4v) is 6.76. The van der Waals surface area contributed by atoms with Gasteiger partial charge in [-0.25, -0.2) is 5.01 Å². The number of ether oxygens (including phenoxy) is 2. The lowest BCUT2D eigenvalue weighted by Gasteiger charge is -2.24. The Kier molecular flexibility index (Phi) is 8.79. The molecule has 0 radical (unpaired) electrons. The standard InChI is InChI=1S/C34H29BrClN3O3S/c1-41-31-9-5-7-27(34(31)42-2)30-18-28(23-12-14-24(35)15-13-23)37-39(30)33(40)21-43-32-20-38(29-8-4-3-6-26(29)32)19-22-10-16-25(36)17-11-22/h3-17,20,30H,18-19,21H2,1-2H3. The highest BCUT2D eigenvalue weighted by molar-refractivity contribution is 9.10. The minimum absolute atomic E-state index is 0.0819. The Hall–Kier alpha value is -3.72. The van der Waals surface area contributed by atoms with Crippen molar-refractivity contribution in [2.45, 2.75) is 23.9 Å². The Labute approximate surface area is 268 Å². The maximum absolute atomic E-state index is 14.0. The number of nitrogens with zero attached hydrogens (tertiary/aromatic N) is 3. The average molecular weight is 675 g/mol. The number of para-hydroxylation sites is 2. The molecule has 5 aromatic rings. The normalized spacial score (nSPS) is 14.7. The van der Waals surface area contributed by atoms with Gasteiger partial charge in [-0.1, -0.05) is 82.1 Å². The molecule has 1 aliphatic heterocycles. The summed E-state index contributed by atoms with van der Waals surface area (Å²) in [5.74, 6) is 1.38. The summed E-state index contributed by atoms with van der Waals surface area (Å²) in [6, 6.07) is 29.6. The number of thioether (sulfide) groups is 1. The van der Waals surface area contributed by atoms with E-state index in [0.717, 1.165) is 42.7 Å². The Morgan fingerprint density at radius 3 is 2.49 bits per heavy atom. The van der Waals surface area contributed by atoms with Crippen molar-refractivity contribution in [2.75, 3.05) is 20.0 Å². The van der Waals surface area contributed by atoms with Crippen molar-refractivity contribution < 1.29 is 14.3 Å². The minimum Gasteiger partial charge on any atom is -0.493 e. The number of hydrogen-bond donors (Lipinski definition) is 0. The molecule has 2 heterocycles. The van der Waals surface area contributed by atoms with Crippen LogP contribution in [-0.2, 0) is 11.3 Å². The van der Waals surface area contributed by atoms with Gasteiger partial charge in [0.05, 0.1) is 31.7 Å². The van der Waals surface area contributed by atoms with Gasteiger partial charge in [0.15, 0.2) is 11.5 Å². The second-order valence-electron chi connectivity index (χ2n) is 10.1. The summed E-state index contributed by atoms with van der Waals surface area (Å²) in [5.41, 5.74) is 4.95. The molecule has 1 unspecified atom stereocenters. The molecule has 0 saturated carbocycles. The lowest BCUT2D eigenvalue weighted by Crippen LogP contribution is -2.28. The molecule has 43 heavy (non-hydrogen) atoms. The van der Waals surface area contributed by atoms with Crippen LogP contribution < -0.4 is 9.47 Å². The Bertz CT molecular complexity index is 1800. The van der Waals surface area contributed by atoms with Crippen LogP contribution in [0.3, 0.4) is 0 Å². The molecule has 6 rings (SSSR count). The average Bonchev–Trinajstić information content (AvgIpc) is 3.63. The van der Waals surface area contributed by atoms with E-state index in [1.165, 1.54) is 11.8 Å². The molecule has 1 atom stereocenters. The number of halogens is 2. The zero-order chi connectivity index (χ0) is 29.9. The summed E-state index contributed by atoms with van der Waals surface area (Å²) < 4.78 is 14.5. The third-order valence-electron chi connectivity index (χ3n) is 7.51. The number of methoxy groups -OCH3 is 2. The third kappa shape index (κ3) is 6.18. The van der Waals surface area contributed by atoms with Crippen molar-refractivity contribution in [1.82, 2.24) is 9.58 Å². The molecule has 0 saturated heterocycles. The van der Waals surface area contributed by atoms with Gasteiger partial charge >= 0.3 is 0 Å². The number of rotatable bonds is 9. The number of aromatic nitrogens is 1. The minimum atomic E-state index is -0.331. The van der Waals surface area contributed by atoms with Gasteiger partial charge in [0.25, 0.3) is 5.91 Å². The van der Waals surface area contributed by atoms with E-state index in [4.69, 9.17) is 26.2 Å². The number of carbonyl (C=O) groups excluding carboxylic acids is 1. The summed E-state index contributed by atoms with van der Waals surface area (Å²) >= 11 is 11.1. The van der Waals surface area contributed by atoms with Crippen LogP contribution in [-0.4, -0.2) is 41.2 Å². The van der Waals surface area contributed by atoms with E-state index in [-0.39, 0.29) is 17.7 Å². The van der Waals surface area contributed by atoms with Crippen LogP contribution in [0.15, 0.2) is 112 Å². The zero-order valence-electron chi connectivity index (χ0n) is 23.7. The molecule has 0 N–H and O–H groups in total. The summed E-state index contributed by atoms with van der Waals surface area (Å²) in [6.45, 7) is 0.705. The maximum Gasteiger partial charge on any atom is 0.253 e. The van der Waals surface area contributed by atoms with Crippen molar-refractivity contribution >= 4 is 61.8 Å². The van der Waals surface area contributed by atoms with E-state index in [0.29, 0.717) is 29.5 Å². The molecule has 4 aromatic carbocycles. The maximum atomic E-state index is 14.0. The monoisotopic (exact) mass is 673 g/mol. The number of fused-ring (bicyclic) bond motifs is 1. The lowest BCUT2D eigenvalue weighted by molar-refractivity contribution is -0.130. The summed E-state index contributed by atoms with van der Waals surface area (Å²) in [6.07, 6.45) is 2.68. The number of hydrazone groups is 1. The lowest BCUT2D eigenvalue weighted by atomic mass is 9.97. The molecule has 0 fully saturated rings. The molecular weight excluding hydrogens is 646 g/mol. The zero-order valence-corrected chi connectivity index (χ0v) is 26.8. The second-order valence-corrected chi connectivity index (χ2v) is 12.5. The third-order valence-corrected chi connectivity index (χ3v) is 9.31. The van der Waals surface area contributed by atoms with E-state index in [1.54, 1.807) is 19.2 Å². The molecular formula is C34H29BrClN3O3S. The van der Waals surface area contributed by atoms with Crippen molar-refractivity contribution in [2.24, 2.45) is 5.10 Å². The molecule has 218 valence electrons. The van der Waals surface area contributed by atoms with Gasteiger partial charge in [-0.2, -0.15) is 5.10 Å².